The molecule has 3 fully saturated rings. The van der Waals surface area contributed by atoms with E-state index in [9.17, 15) is 9.59 Å². The first-order valence-electron chi connectivity index (χ1n) is 13.0. The Bertz CT molecular complexity index is 1030. The number of carbonyl (C=O) groups is 2. The topological polar surface area (TPSA) is 81.7 Å². The molecule has 3 saturated heterocycles. The molecule has 2 amide bonds. The SMILES string of the molecule is Cc1ccccc1CN1CCC(CNC(=O)C2CCCN(c3nnc(N4CCCC4=O)s3)C2)CC1. The number of amides is 2. The lowest BCUT2D eigenvalue weighted by Crippen LogP contribution is -2.45. The van der Waals surface area contributed by atoms with E-state index >= 15 is 0 Å². The zero-order valence-corrected chi connectivity index (χ0v) is 21.4. The van der Waals surface area contributed by atoms with Gasteiger partial charge in [-0.1, -0.05) is 35.6 Å². The molecule has 1 atom stereocenters. The minimum Gasteiger partial charge on any atom is -0.356 e. The van der Waals surface area contributed by atoms with E-state index in [1.807, 2.05) is 0 Å². The Morgan fingerprint density at radius 2 is 1.86 bits per heavy atom. The first kappa shape index (κ1) is 24.2. The highest BCUT2D eigenvalue weighted by atomic mass is 32.1. The van der Waals surface area contributed by atoms with Crippen LogP contribution in [0, 0.1) is 18.8 Å². The summed E-state index contributed by atoms with van der Waals surface area (Å²) >= 11 is 1.46. The number of carbonyl (C=O) groups excluding carboxylic acids is 2. The van der Waals surface area contributed by atoms with Crippen LogP contribution in [0.4, 0.5) is 10.3 Å². The lowest BCUT2D eigenvalue weighted by molar-refractivity contribution is -0.125. The molecule has 1 unspecified atom stereocenters. The Morgan fingerprint density at radius 3 is 2.63 bits per heavy atom. The second kappa shape index (κ2) is 11.0. The van der Waals surface area contributed by atoms with Crippen molar-refractivity contribution in [2.45, 2.75) is 52.0 Å². The maximum Gasteiger partial charge on any atom is 0.228 e. The summed E-state index contributed by atoms with van der Waals surface area (Å²) in [6.07, 6.45) is 5.61. The standard InChI is InChI=1S/C26H36N6O2S/c1-19-6-2-3-7-21(19)17-30-14-10-20(11-15-30)16-27-24(34)22-8-4-12-31(18-22)25-28-29-26(35-25)32-13-5-9-23(32)33/h2-3,6-7,20,22H,4-5,8-18H2,1H3,(H,27,34). The minimum atomic E-state index is -0.0225. The lowest BCUT2D eigenvalue weighted by atomic mass is 9.94. The van der Waals surface area contributed by atoms with Gasteiger partial charge in [-0.3, -0.25) is 19.4 Å². The number of hydrogen-bond donors (Lipinski definition) is 1. The maximum atomic E-state index is 13.0. The van der Waals surface area contributed by atoms with Gasteiger partial charge in [0.2, 0.25) is 22.1 Å². The summed E-state index contributed by atoms with van der Waals surface area (Å²) in [5.41, 5.74) is 2.77. The molecule has 1 aromatic heterocycles. The van der Waals surface area contributed by atoms with E-state index in [2.05, 4.69) is 56.5 Å². The van der Waals surface area contributed by atoms with Crippen molar-refractivity contribution >= 4 is 33.4 Å². The molecule has 0 spiro atoms. The van der Waals surface area contributed by atoms with Crippen molar-refractivity contribution in [1.29, 1.82) is 0 Å². The number of likely N-dealkylation sites (tertiary alicyclic amines) is 1. The molecule has 0 aliphatic carbocycles. The smallest absolute Gasteiger partial charge is 0.228 e. The van der Waals surface area contributed by atoms with Gasteiger partial charge in [-0.25, -0.2) is 0 Å². The van der Waals surface area contributed by atoms with Crippen LogP contribution < -0.4 is 15.1 Å². The number of benzene rings is 1. The molecule has 3 aliphatic heterocycles. The van der Waals surface area contributed by atoms with E-state index in [0.29, 0.717) is 24.0 Å². The molecular weight excluding hydrogens is 460 g/mol. The molecule has 5 rings (SSSR count). The van der Waals surface area contributed by atoms with Crippen LogP contribution in [0.3, 0.4) is 0 Å². The molecule has 35 heavy (non-hydrogen) atoms. The molecular formula is C26H36N6O2S. The van der Waals surface area contributed by atoms with Gasteiger partial charge in [0.1, 0.15) is 0 Å². The molecule has 3 aliphatic rings. The number of nitrogens with zero attached hydrogens (tertiary/aromatic N) is 5. The summed E-state index contributed by atoms with van der Waals surface area (Å²) in [7, 11) is 0. The second-order valence-electron chi connectivity index (χ2n) is 10.2. The first-order chi connectivity index (χ1) is 17.1. The van der Waals surface area contributed by atoms with E-state index in [1.165, 1.54) is 22.5 Å². The van der Waals surface area contributed by atoms with Crippen molar-refractivity contribution in [3.05, 3.63) is 35.4 Å². The molecule has 0 bridgehead atoms. The zero-order valence-electron chi connectivity index (χ0n) is 20.6. The van der Waals surface area contributed by atoms with Crippen LogP contribution in [-0.4, -0.2) is 66.2 Å². The number of aromatic nitrogens is 2. The largest absolute Gasteiger partial charge is 0.356 e. The molecule has 0 saturated carbocycles. The van der Waals surface area contributed by atoms with Gasteiger partial charge < -0.3 is 10.2 Å². The van der Waals surface area contributed by atoms with Crippen molar-refractivity contribution in [1.82, 2.24) is 20.4 Å². The van der Waals surface area contributed by atoms with E-state index in [0.717, 1.165) is 76.5 Å². The summed E-state index contributed by atoms with van der Waals surface area (Å²) in [5.74, 6) is 0.822. The maximum absolute atomic E-state index is 13.0. The van der Waals surface area contributed by atoms with Crippen LogP contribution in [0.5, 0.6) is 0 Å². The number of piperidine rings is 2. The lowest BCUT2D eigenvalue weighted by Gasteiger charge is -2.34. The molecule has 0 radical (unpaired) electrons. The normalized spacial score (nSPS) is 22.1. The van der Waals surface area contributed by atoms with Gasteiger partial charge in [-0.15, -0.1) is 10.2 Å². The number of hydrogen-bond acceptors (Lipinski definition) is 7. The monoisotopic (exact) mass is 496 g/mol. The number of nitrogens with one attached hydrogen (secondary N) is 1. The first-order valence-corrected chi connectivity index (χ1v) is 13.8. The predicted octanol–water partition coefficient (Wildman–Crippen LogP) is 3.22. The molecule has 8 nitrogen and oxygen atoms in total. The summed E-state index contributed by atoms with van der Waals surface area (Å²) in [6, 6.07) is 8.63. The van der Waals surface area contributed by atoms with Crippen LogP contribution in [0.15, 0.2) is 24.3 Å². The summed E-state index contributed by atoms with van der Waals surface area (Å²) in [6.45, 7) is 8.42. The Kier molecular flexibility index (Phi) is 7.63. The fourth-order valence-corrected chi connectivity index (χ4v) is 6.35. The van der Waals surface area contributed by atoms with E-state index < -0.39 is 0 Å². The number of anilines is 2. The molecule has 1 aromatic carbocycles. The third-order valence-corrected chi connectivity index (χ3v) is 8.71. The van der Waals surface area contributed by atoms with Gasteiger partial charge >= 0.3 is 0 Å². The van der Waals surface area contributed by atoms with Crippen LogP contribution in [0.1, 0.15) is 49.7 Å². The van der Waals surface area contributed by atoms with Gasteiger partial charge in [0.05, 0.1) is 5.92 Å². The second-order valence-corrected chi connectivity index (χ2v) is 11.1. The van der Waals surface area contributed by atoms with Crippen LogP contribution >= 0.6 is 11.3 Å². The average molecular weight is 497 g/mol. The van der Waals surface area contributed by atoms with Crippen molar-refractivity contribution in [3.63, 3.8) is 0 Å². The number of aryl methyl sites for hydroxylation is 1. The van der Waals surface area contributed by atoms with E-state index in [-0.39, 0.29) is 17.7 Å². The Morgan fingerprint density at radius 1 is 1.06 bits per heavy atom. The molecule has 188 valence electrons. The van der Waals surface area contributed by atoms with E-state index in [1.54, 1.807) is 4.90 Å². The fourth-order valence-electron chi connectivity index (χ4n) is 5.43. The molecule has 1 N–H and O–H groups in total. The number of rotatable bonds is 7. The molecule has 2 aromatic rings. The Balaban J connectivity index is 1.07. The van der Waals surface area contributed by atoms with Gasteiger partial charge in [-0.2, -0.15) is 0 Å². The highest BCUT2D eigenvalue weighted by Crippen LogP contribution is 2.32. The predicted molar refractivity (Wildman–Crippen MR) is 139 cm³/mol. The summed E-state index contributed by atoms with van der Waals surface area (Å²) in [5, 5.41) is 13.3. The van der Waals surface area contributed by atoms with Crippen LogP contribution in [0.25, 0.3) is 0 Å². The third kappa shape index (κ3) is 5.83. The van der Waals surface area contributed by atoms with Crippen molar-refractivity contribution in [3.8, 4) is 0 Å². The summed E-state index contributed by atoms with van der Waals surface area (Å²) < 4.78 is 0. The fraction of sp³-hybridized carbons (Fsp3) is 0.615. The zero-order chi connectivity index (χ0) is 24.2. The van der Waals surface area contributed by atoms with Gasteiger partial charge in [0.25, 0.3) is 0 Å². The quantitative estimate of drug-likeness (QED) is 0.634. The summed E-state index contributed by atoms with van der Waals surface area (Å²) in [4.78, 5) is 31.4. The van der Waals surface area contributed by atoms with Gasteiger partial charge in [-0.05, 0) is 69.2 Å². The minimum absolute atomic E-state index is 0.0225. The van der Waals surface area contributed by atoms with Crippen molar-refractivity contribution in [2.24, 2.45) is 11.8 Å². The Labute approximate surface area is 211 Å². The molecule has 4 heterocycles. The van der Waals surface area contributed by atoms with Gasteiger partial charge in [0.15, 0.2) is 0 Å². The van der Waals surface area contributed by atoms with Crippen LogP contribution in [0.2, 0.25) is 0 Å². The third-order valence-electron chi connectivity index (χ3n) is 7.70. The van der Waals surface area contributed by atoms with Crippen molar-refractivity contribution < 1.29 is 9.59 Å². The molecule has 9 heteroatoms. The average Bonchev–Trinajstić information content (AvgIpc) is 3.54. The Hall–Kier alpha value is -2.52. The van der Waals surface area contributed by atoms with Crippen molar-refractivity contribution in [2.75, 3.05) is 49.1 Å². The highest BCUT2D eigenvalue weighted by molar-refractivity contribution is 7.19. The van der Waals surface area contributed by atoms with E-state index in [4.69, 9.17) is 0 Å². The highest BCUT2D eigenvalue weighted by Gasteiger charge is 2.30. The van der Waals surface area contributed by atoms with Crippen LogP contribution in [-0.2, 0) is 16.1 Å². The van der Waals surface area contributed by atoms with Gasteiger partial charge in [0, 0.05) is 39.1 Å².